The number of anilines is 1. The molecular formula is C25H26N5NaO4. The smallest absolute Gasteiger partial charge is 0.550 e. The zero-order chi connectivity index (χ0) is 24.2. The van der Waals surface area contributed by atoms with Gasteiger partial charge in [0, 0.05) is 37.7 Å². The largest absolute Gasteiger partial charge is 1.00 e. The number of benzene rings is 2. The molecule has 0 aliphatic heterocycles. The van der Waals surface area contributed by atoms with Gasteiger partial charge in [-0.25, -0.2) is 9.97 Å². The Balaban J connectivity index is 0.00000432. The molecule has 0 radical (unpaired) electrons. The number of aliphatic carboxylic acids is 1. The Kier molecular flexibility index (Phi) is 11.9. The molecule has 1 unspecified atom stereocenters. The molecule has 0 saturated carbocycles. The maximum absolute atomic E-state index is 12.3. The summed E-state index contributed by atoms with van der Waals surface area (Å²) >= 11 is 0. The Morgan fingerprint density at radius 3 is 2.17 bits per heavy atom. The van der Waals surface area contributed by atoms with Crippen LogP contribution in [0.15, 0.2) is 73.1 Å². The van der Waals surface area contributed by atoms with Gasteiger partial charge >= 0.3 is 29.6 Å². The quantitative estimate of drug-likeness (QED) is 0.210. The van der Waals surface area contributed by atoms with Gasteiger partial charge < -0.3 is 25.9 Å². The van der Waals surface area contributed by atoms with Crippen molar-refractivity contribution in [2.75, 3.05) is 18.4 Å². The minimum Gasteiger partial charge on any atom is -0.550 e. The summed E-state index contributed by atoms with van der Waals surface area (Å²) in [4.78, 5) is 43.6. The molecular weight excluding hydrogens is 457 g/mol. The molecule has 2 aromatic carbocycles. The van der Waals surface area contributed by atoms with E-state index in [4.69, 9.17) is 0 Å². The van der Waals surface area contributed by atoms with E-state index in [0.717, 1.165) is 11.1 Å². The molecule has 9 nitrogen and oxygen atoms in total. The number of carbonyl (C=O) groups is 3. The first kappa shape index (κ1) is 28.0. The maximum Gasteiger partial charge on any atom is 1.00 e. The average Bonchev–Trinajstić information content (AvgIpc) is 2.86. The van der Waals surface area contributed by atoms with Gasteiger partial charge in [-0.15, -0.1) is 0 Å². The van der Waals surface area contributed by atoms with Gasteiger partial charge in [0.15, 0.2) is 0 Å². The minimum atomic E-state index is -1.28. The van der Waals surface area contributed by atoms with Crippen LogP contribution in [0, 0.1) is 0 Å². The van der Waals surface area contributed by atoms with Crippen LogP contribution in [0.3, 0.4) is 0 Å². The summed E-state index contributed by atoms with van der Waals surface area (Å²) in [5.74, 6) is -1.56. The van der Waals surface area contributed by atoms with Crippen molar-refractivity contribution in [1.82, 2.24) is 20.6 Å². The molecule has 176 valence electrons. The van der Waals surface area contributed by atoms with Crippen LogP contribution in [0.2, 0.25) is 0 Å². The zero-order valence-electron chi connectivity index (χ0n) is 19.6. The summed E-state index contributed by atoms with van der Waals surface area (Å²) in [6.07, 6.45) is 3.61. The van der Waals surface area contributed by atoms with E-state index in [1.165, 1.54) is 0 Å². The van der Waals surface area contributed by atoms with Gasteiger partial charge in [-0.2, -0.15) is 0 Å². The van der Waals surface area contributed by atoms with Crippen molar-refractivity contribution in [3.63, 3.8) is 0 Å². The van der Waals surface area contributed by atoms with Crippen molar-refractivity contribution in [3.05, 3.63) is 78.6 Å². The Morgan fingerprint density at radius 1 is 0.857 bits per heavy atom. The molecule has 35 heavy (non-hydrogen) atoms. The molecule has 3 N–H and O–H groups in total. The molecule has 0 spiro atoms. The number of aromatic nitrogens is 2. The summed E-state index contributed by atoms with van der Waals surface area (Å²) in [5.41, 5.74) is 2.64. The molecule has 3 aromatic rings. The predicted molar refractivity (Wildman–Crippen MR) is 125 cm³/mol. The van der Waals surface area contributed by atoms with E-state index in [9.17, 15) is 19.5 Å². The number of carboxylic acid groups (broad SMARTS) is 1. The fourth-order valence-corrected chi connectivity index (χ4v) is 3.31. The minimum absolute atomic E-state index is 0. The van der Waals surface area contributed by atoms with Crippen molar-refractivity contribution < 1.29 is 49.0 Å². The van der Waals surface area contributed by atoms with Gasteiger partial charge in [0.2, 0.25) is 17.8 Å². The van der Waals surface area contributed by atoms with Crippen LogP contribution in [0.4, 0.5) is 5.95 Å². The van der Waals surface area contributed by atoms with Crippen LogP contribution in [0.25, 0.3) is 11.1 Å². The fourth-order valence-electron chi connectivity index (χ4n) is 3.31. The molecule has 0 bridgehead atoms. The van der Waals surface area contributed by atoms with Crippen LogP contribution >= 0.6 is 0 Å². The van der Waals surface area contributed by atoms with Gasteiger partial charge in [0.05, 0.1) is 12.6 Å². The van der Waals surface area contributed by atoms with E-state index >= 15 is 0 Å². The van der Waals surface area contributed by atoms with E-state index < -0.39 is 17.9 Å². The first-order chi connectivity index (χ1) is 16.5. The van der Waals surface area contributed by atoms with Crippen LogP contribution in [-0.2, 0) is 14.4 Å². The van der Waals surface area contributed by atoms with Crippen LogP contribution < -0.4 is 50.6 Å². The van der Waals surface area contributed by atoms with E-state index in [0.29, 0.717) is 24.5 Å². The van der Waals surface area contributed by atoms with E-state index in [2.05, 4.69) is 25.9 Å². The number of nitrogens with one attached hydrogen (secondary N) is 3. The molecule has 0 aliphatic carbocycles. The molecule has 1 atom stereocenters. The summed E-state index contributed by atoms with van der Waals surface area (Å²) < 4.78 is 0. The van der Waals surface area contributed by atoms with Crippen molar-refractivity contribution >= 4 is 23.7 Å². The summed E-state index contributed by atoms with van der Waals surface area (Å²) in [6.45, 7) is 0.260. The van der Waals surface area contributed by atoms with Gasteiger partial charge in [-0.3, -0.25) is 9.59 Å². The first-order valence-electron chi connectivity index (χ1n) is 10.9. The fraction of sp³-hybridized carbons (Fsp3) is 0.240. The summed E-state index contributed by atoms with van der Waals surface area (Å²) in [6, 6.07) is 18.0. The topological polar surface area (TPSA) is 136 Å². The molecule has 1 heterocycles. The molecule has 10 heteroatoms. The van der Waals surface area contributed by atoms with Crippen molar-refractivity contribution in [2.45, 2.75) is 25.3 Å². The molecule has 0 aliphatic rings. The van der Waals surface area contributed by atoms with Crippen LogP contribution in [0.5, 0.6) is 0 Å². The number of hydrogen-bond acceptors (Lipinski definition) is 7. The van der Waals surface area contributed by atoms with Crippen molar-refractivity contribution in [3.8, 4) is 11.1 Å². The number of carboxylic acids is 1. The predicted octanol–water partition coefficient (Wildman–Crippen LogP) is -1.55. The van der Waals surface area contributed by atoms with E-state index in [-0.39, 0.29) is 54.9 Å². The average molecular weight is 484 g/mol. The summed E-state index contributed by atoms with van der Waals surface area (Å²) in [5, 5.41) is 19.4. The van der Waals surface area contributed by atoms with Gasteiger partial charge in [0.25, 0.3) is 0 Å². The molecule has 1 aromatic heterocycles. The normalized spacial score (nSPS) is 11.0. The second-order valence-corrected chi connectivity index (χ2v) is 7.56. The number of rotatable bonds is 12. The van der Waals surface area contributed by atoms with Crippen LogP contribution in [0.1, 0.15) is 30.9 Å². The van der Waals surface area contributed by atoms with Crippen molar-refractivity contribution in [2.24, 2.45) is 0 Å². The van der Waals surface area contributed by atoms with Crippen molar-refractivity contribution in [1.29, 1.82) is 0 Å². The van der Waals surface area contributed by atoms with Crippen LogP contribution in [-0.4, -0.2) is 40.8 Å². The Labute approximate surface area is 226 Å². The second-order valence-electron chi connectivity index (χ2n) is 7.56. The second kappa shape index (κ2) is 14.9. The van der Waals surface area contributed by atoms with Gasteiger partial charge in [-0.05, 0) is 29.2 Å². The summed E-state index contributed by atoms with van der Waals surface area (Å²) in [7, 11) is 0. The van der Waals surface area contributed by atoms with E-state index in [1.807, 2.05) is 42.5 Å². The number of nitrogens with zero attached hydrogens (tertiary/aromatic N) is 2. The SMILES string of the molecule is O=C([O-])CC(NC(=O)CNC(=O)CCCNc1ncccn1)c1ccc(-c2ccccc2)cc1.[Na+]. The van der Waals surface area contributed by atoms with E-state index in [1.54, 1.807) is 30.6 Å². The first-order valence-corrected chi connectivity index (χ1v) is 10.9. The monoisotopic (exact) mass is 483 g/mol. The molecule has 3 rings (SSSR count). The van der Waals surface area contributed by atoms with Gasteiger partial charge in [-0.1, -0.05) is 54.6 Å². The zero-order valence-corrected chi connectivity index (χ0v) is 21.6. The number of hydrogen-bond donors (Lipinski definition) is 3. The van der Waals surface area contributed by atoms with Gasteiger partial charge in [0.1, 0.15) is 0 Å². The molecule has 2 amide bonds. The standard InChI is InChI=1S/C25H27N5O4.Na/c31-22(8-4-13-26-25-27-14-5-15-28-25)29-17-23(32)30-21(16-24(33)34)20-11-9-19(10-12-20)18-6-2-1-3-7-18;/h1-3,5-7,9-12,14-15,21H,4,8,13,16-17H2,(H,29,31)(H,30,32)(H,33,34)(H,26,27,28);/q;+1/p-1. The maximum atomic E-state index is 12.3. The third-order valence-electron chi connectivity index (χ3n) is 5.00. The number of amides is 2. The number of carbonyl (C=O) groups excluding carboxylic acids is 3. The Bertz CT molecular complexity index is 1080. The third kappa shape index (κ3) is 9.86. The Hall–Kier alpha value is -3.27. The Morgan fingerprint density at radius 2 is 1.51 bits per heavy atom. The third-order valence-corrected chi connectivity index (χ3v) is 5.00. The molecule has 0 fully saturated rings. The molecule has 0 saturated heterocycles.